The number of rotatable bonds is 10. The van der Waals surface area contributed by atoms with E-state index in [1.54, 1.807) is 7.11 Å². The van der Waals surface area contributed by atoms with E-state index in [0.717, 1.165) is 32.0 Å². The summed E-state index contributed by atoms with van der Waals surface area (Å²) in [5.74, 6) is 0.970. The van der Waals surface area contributed by atoms with Crippen LogP contribution in [-0.2, 0) is 11.3 Å². The highest BCUT2D eigenvalue weighted by molar-refractivity contribution is 5.33. The lowest BCUT2D eigenvalue weighted by Gasteiger charge is -2.27. The number of benzene rings is 1. The standard InChI is InChI=1S/C16H28N2O2/c1-5-18(14(2)13-19-4)10-11-20-16-9-7-6-8-15(16)12-17-3/h6-9,14,17H,5,10-13H2,1-4H3. The van der Waals surface area contributed by atoms with Gasteiger partial charge >= 0.3 is 0 Å². The molecule has 0 aliphatic heterocycles. The molecule has 0 fully saturated rings. The minimum absolute atomic E-state index is 0.418. The molecule has 4 nitrogen and oxygen atoms in total. The first kappa shape index (κ1) is 17.0. The second-order valence-electron chi connectivity index (χ2n) is 4.92. The summed E-state index contributed by atoms with van der Waals surface area (Å²) in [5.41, 5.74) is 1.20. The molecule has 0 saturated heterocycles. The molecule has 1 aromatic carbocycles. The van der Waals surface area contributed by atoms with Crippen molar-refractivity contribution < 1.29 is 9.47 Å². The molecule has 20 heavy (non-hydrogen) atoms. The first-order valence-corrected chi connectivity index (χ1v) is 7.31. The molecule has 114 valence electrons. The summed E-state index contributed by atoms with van der Waals surface area (Å²) in [4.78, 5) is 2.37. The van der Waals surface area contributed by atoms with Crippen molar-refractivity contribution in [3.05, 3.63) is 29.8 Å². The summed E-state index contributed by atoms with van der Waals surface area (Å²) >= 11 is 0. The van der Waals surface area contributed by atoms with E-state index in [0.29, 0.717) is 12.6 Å². The van der Waals surface area contributed by atoms with Crippen LogP contribution in [0, 0.1) is 0 Å². The van der Waals surface area contributed by atoms with E-state index in [1.165, 1.54) is 5.56 Å². The van der Waals surface area contributed by atoms with E-state index in [-0.39, 0.29) is 0 Å². The van der Waals surface area contributed by atoms with E-state index in [4.69, 9.17) is 9.47 Å². The fraction of sp³-hybridized carbons (Fsp3) is 0.625. The second kappa shape index (κ2) is 9.75. The Morgan fingerprint density at radius 3 is 2.70 bits per heavy atom. The van der Waals surface area contributed by atoms with Gasteiger partial charge < -0.3 is 14.8 Å². The van der Waals surface area contributed by atoms with Crippen molar-refractivity contribution in [2.75, 3.05) is 40.5 Å². The van der Waals surface area contributed by atoms with Gasteiger partial charge in [0.05, 0.1) is 6.61 Å². The Bertz CT molecular complexity index is 371. The molecule has 1 N–H and O–H groups in total. The summed E-state index contributed by atoms with van der Waals surface area (Å²) in [6.45, 7) is 8.55. The van der Waals surface area contributed by atoms with Crippen LogP contribution in [0.4, 0.5) is 0 Å². The Labute approximate surface area is 123 Å². The Morgan fingerprint density at radius 1 is 1.30 bits per heavy atom. The van der Waals surface area contributed by atoms with Crippen LogP contribution in [-0.4, -0.2) is 51.4 Å². The number of hydrogen-bond donors (Lipinski definition) is 1. The van der Waals surface area contributed by atoms with Gasteiger partial charge in [0, 0.05) is 31.8 Å². The van der Waals surface area contributed by atoms with Gasteiger partial charge in [0.1, 0.15) is 12.4 Å². The quantitative estimate of drug-likeness (QED) is 0.712. The number of ether oxygens (including phenoxy) is 2. The smallest absolute Gasteiger partial charge is 0.123 e. The van der Waals surface area contributed by atoms with Crippen LogP contribution in [0.15, 0.2) is 24.3 Å². The topological polar surface area (TPSA) is 33.7 Å². The zero-order chi connectivity index (χ0) is 14.8. The lowest BCUT2D eigenvalue weighted by Crippen LogP contribution is -2.38. The van der Waals surface area contributed by atoms with E-state index < -0.39 is 0 Å². The lowest BCUT2D eigenvalue weighted by atomic mass is 10.2. The van der Waals surface area contributed by atoms with Crippen LogP contribution < -0.4 is 10.1 Å². The molecular weight excluding hydrogens is 252 g/mol. The highest BCUT2D eigenvalue weighted by atomic mass is 16.5. The second-order valence-corrected chi connectivity index (χ2v) is 4.92. The fourth-order valence-electron chi connectivity index (χ4n) is 2.29. The Kier molecular flexibility index (Phi) is 8.26. The molecule has 1 atom stereocenters. The number of methoxy groups -OCH3 is 1. The Hall–Kier alpha value is -1.10. The monoisotopic (exact) mass is 280 g/mol. The zero-order valence-corrected chi connectivity index (χ0v) is 13.2. The molecule has 4 heteroatoms. The molecule has 1 unspecified atom stereocenters. The summed E-state index contributed by atoms with van der Waals surface area (Å²) in [6.07, 6.45) is 0. The third-order valence-electron chi connectivity index (χ3n) is 3.41. The molecule has 0 bridgehead atoms. The number of para-hydroxylation sites is 1. The van der Waals surface area contributed by atoms with Crippen LogP contribution in [0.5, 0.6) is 5.75 Å². The van der Waals surface area contributed by atoms with Gasteiger partial charge in [-0.25, -0.2) is 0 Å². The van der Waals surface area contributed by atoms with E-state index in [9.17, 15) is 0 Å². The maximum Gasteiger partial charge on any atom is 0.123 e. The van der Waals surface area contributed by atoms with Crippen molar-refractivity contribution in [3.8, 4) is 5.75 Å². The van der Waals surface area contributed by atoms with Crippen LogP contribution in [0.2, 0.25) is 0 Å². The van der Waals surface area contributed by atoms with Crippen molar-refractivity contribution in [3.63, 3.8) is 0 Å². The van der Waals surface area contributed by atoms with Gasteiger partial charge in [-0.05, 0) is 26.6 Å². The van der Waals surface area contributed by atoms with Crippen LogP contribution >= 0.6 is 0 Å². The van der Waals surface area contributed by atoms with Crippen LogP contribution in [0.1, 0.15) is 19.4 Å². The molecule has 0 heterocycles. The van der Waals surface area contributed by atoms with E-state index >= 15 is 0 Å². The van der Waals surface area contributed by atoms with Crippen molar-refractivity contribution in [2.45, 2.75) is 26.4 Å². The van der Waals surface area contributed by atoms with Gasteiger partial charge in [0.15, 0.2) is 0 Å². The average Bonchev–Trinajstić information content (AvgIpc) is 2.45. The van der Waals surface area contributed by atoms with Crippen molar-refractivity contribution in [1.82, 2.24) is 10.2 Å². The van der Waals surface area contributed by atoms with Crippen molar-refractivity contribution in [2.24, 2.45) is 0 Å². The third kappa shape index (κ3) is 5.49. The summed E-state index contributed by atoms with van der Waals surface area (Å²) in [6, 6.07) is 8.59. The molecule has 0 saturated carbocycles. The van der Waals surface area contributed by atoms with Crippen molar-refractivity contribution >= 4 is 0 Å². The first-order chi connectivity index (χ1) is 9.72. The summed E-state index contributed by atoms with van der Waals surface area (Å²) in [7, 11) is 3.69. The van der Waals surface area contributed by atoms with Crippen LogP contribution in [0.25, 0.3) is 0 Å². The number of nitrogens with one attached hydrogen (secondary N) is 1. The van der Waals surface area contributed by atoms with Gasteiger partial charge in [0.2, 0.25) is 0 Å². The molecule has 0 spiro atoms. The highest BCUT2D eigenvalue weighted by Gasteiger charge is 2.11. The van der Waals surface area contributed by atoms with Gasteiger partial charge in [-0.15, -0.1) is 0 Å². The predicted octanol–water partition coefficient (Wildman–Crippen LogP) is 2.14. The molecule has 1 aromatic rings. The summed E-state index contributed by atoms with van der Waals surface area (Å²) < 4.78 is 11.1. The van der Waals surface area contributed by atoms with Crippen LogP contribution in [0.3, 0.4) is 0 Å². The SMILES string of the molecule is CCN(CCOc1ccccc1CNC)C(C)COC. The molecular formula is C16H28N2O2. The normalized spacial score (nSPS) is 12.7. The minimum atomic E-state index is 0.418. The van der Waals surface area contributed by atoms with Gasteiger partial charge in [-0.3, -0.25) is 4.90 Å². The zero-order valence-electron chi connectivity index (χ0n) is 13.2. The number of hydrogen-bond acceptors (Lipinski definition) is 4. The molecule has 0 aliphatic rings. The number of likely N-dealkylation sites (N-methyl/N-ethyl adjacent to an activating group) is 1. The van der Waals surface area contributed by atoms with Gasteiger partial charge in [-0.2, -0.15) is 0 Å². The summed E-state index contributed by atoms with van der Waals surface area (Å²) in [5, 5.41) is 3.16. The third-order valence-corrected chi connectivity index (χ3v) is 3.41. The molecule has 0 aliphatic carbocycles. The minimum Gasteiger partial charge on any atom is -0.492 e. The maximum atomic E-state index is 5.93. The van der Waals surface area contributed by atoms with Crippen molar-refractivity contribution in [1.29, 1.82) is 0 Å². The maximum absolute atomic E-state index is 5.93. The highest BCUT2D eigenvalue weighted by Crippen LogP contribution is 2.17. The first-order valence-electron chi connectivity index (χ1n) is 7.31. The molecule has 1 rings (SSSR count). The largest absolute Gasteiger partial charge is 0.492 e. The number of nitrogens with zero attached hydrogens (tertiary/aromatic N) is 1. The molecule has 0 aromatic heterocycles. The van der Waals surface area contributed by atoms with Gasteiger partial charge in [0.25, 0.3) is 0 Å². The molecule has 0 radical (unpaired) electrons. The van der Waals surface area contributed by atoms with Gasteiger partial charge in [-0.1, -0.05) is 25.1 Å². The van der Waals surface area contributed by atoms with E-state index in [1.807, 2.05) is 25.2 Å². The Morgan fingerprint density at radius 2 is 2.05 bits per heavy atom. The predicted molar refractivity (Wildman–Crippen MR) is 83.3 cm³/mol. The van der Waals surface area contributed by atoms with E-state index in [2.05, 4.69) is 30.1 Å². The fourth-order valence-corrected chi connectivity index (χ4v) is 2.29. The molecule has 0 amide bonds. The Balaban J connectivity index is 2.46. The lowest BCUT2D eigenvalue weighted by molar-refractivity contribution is 0.0919. The average molecular weight is 280 g/mol.